The fourth-order valence-corrected chi connectivity index (χ4v) is 3.70. The zero-order valence-electron chi connectivity index (χ0n) is 18.1. The van der Waals surface area contributed by atoms with Crippen LogP contribution in [0, 0.1) is 5.82 Å². The van der Waals surface area contributed by atoms with Crippen molar-refractivity contribution in [1.29, 1.82) is 0 Å². The van der Waals surface area contributed by atoms with Crippen LogP contribution in [-0.2, 0) is 6.54 Å². The number of amides is 1. The second-order valence-electron chi connectivity index (χ2n) is 7.62. The van der Waals surface area contributed by atoms with E-state index in [1.54, 1.807) is 31.2 Å². The summed E-state index contributed by atoms with van der Waals surface area (Å²) in [7, 11) is 0. The van der Waals surface area contributed by atoms with Gasteiger partial charge in [-0.2, -0.15) is 9.78 Å². The molecule has 0 radical (unpaired) electrons. The molecule has 0 saturated heterocycles. The number of rotatable bonds is 6. The summed E-state index contributed by atoms with van der Waals surface area (Å²) in [6.45, 7) is 1.58. The third kappa shape index (κ3) is 4.82. The first-order valence-electron chi connectivity index (χ1n) is 10.4. The van der Waals surface area contributed by atoms with Gasteiger partial charge in [0.1, 0.15) is 11.5 Å². The molecule has 0 aliphatic heterocycles. The van der Waals surface area contributed by atoms with Gasteiger partial charge in [0, 0.05) is 5.02 Å². The number of hydrogen-bond acceptors (Lipinski definition) is 4. The highest BCUT2D eigenvalue weighted by atomic mass is 35.5. The Morgan fingerprint density at radius 2 is 1.74 bits per heavy atom. The second-order valence-corrected chi connectivity index (χ2v) is 8.06. The maximum atomic E-state index is 14.5. The molecule has 4 rings (SSSR count). The normalized spacial score (nSPS) is 11.7. The molecule has 0 spiro atoms. The van der Waals surface area contributed by atoms with Crippen molar-refractivity contribution in [2.75, 3.05) is 0 Å². The molecule has 0 saturated carbocycles. The minimum absolute atomic E-state index is 0.177. The number of hydrogen-bond donors (Lipinski definition) is 1. The van der Waals surface area contributed by atoms with Crippen LogP contribution in [0.1, 0.15) is 34.6 Å². The maximum absolute atomic E-state index is 14.5. The molecule has 4 aromatic rings. The van der Waals surface area contributed by atoms with Crippen LogP contribution in [0.5, 0.6) is 0 Å². The fourth-order valence-electron chi connectivity index (χ4n) is 3.48. The van der Waals surface area contributed by atoms with E-state index in [0.29, 0.717) is 10.6 Å². The van der Waals surface area contributed by atoms with Crippen LogP contribution in [0.15, 0.2) is 88.5 Å². The molecule has 1 unspecified atom stereocenters. The lowest BCUT2D eigenvalue weighted by molar-refractivity contribution is 0.0930. The number of aromatic nitrogens is 3. The smallest absolute Gasteiger partial charge is 0.344 e. The number of para-hydroxylation sites is 1. The standard InChI is InChI=1S/C25H20ClFN4O3/c1-16(18-9-3-2-4-10-18)28-23(32)22-24(33)30(15-17-8-7-11-19(26)14-17)25(34)31(29-22)21-13-6-5-12-20(21)27/h2-14,16H,15H2,1H3,(H,28,32). The number of carbonyl (C=O) groups excluding carboxylic acids is 1. The van der Waals surface area contributed by atoms with Gasteiger partial charge in [0.2, 0.25) is 5.69 Å². The molecule has 1 atom stereocenters. The van der Waals surface area contributed by atoms with Gasteiger partial charge in [-0.25, -0.2) is 9.18 Å². The van der Waals surface area contributed by atoms with E-state index in [1.165, 1.54) is 18.2 Å². The molecule has 1 aromatic heterocycles. The van der Waals surface area contributed by atoms with Crippen molar-refractivity contribution < 1.29 is 9.18 Å². The Bertz CT molecular complexity index is 1470. The third-order valence-electron chi connectivity index (χ3n) is 5.23. The van der Waals surface area contributed by atoms with E-state index in [9.17, 15) is 18.8 Å². The molecular weight excluding hydrogens is 459 g/mol. The predicted octanol–water partition coefficient (Wildman–Crippen LogP) is 3.73. The molecule has 172 valence electrons. The largest absolute Gasteiger partial charge is 0.352 e. The summed E-state index contributed by atoms with van der Waals surface area (Å²) in [5.41, 5.74) is -1.12. The fraction of sp³-hybridized carbons (Fsp3) is 0.120. The summed E-state index contributed by atoms with van der Waals surface area (Å²) < 4.78 is 16.1. The first-order chi connectivity index (χ1) is 16.3. The Kier molecular flexibility index (Phi) is 6.70. The van der Waals surface area contributed by atoms with Crippen molar-refractivity contribution in [1.82, 2.24) is 19.7 Å². The van der Waals surface area contributed by atoms with E-state index < -0.39 is 34.7 Å². The predicted molar refractivity (Wildman–Crippen MR) is 127 cm³/mol. The summed E-state index contributed by atoms with van der Waals surface area (Å²) in [6, 6.07) is 20.8. The summed E-state index contributed by atoms with van der Waals surface area (Å²) in [4.78, 5) is 39.5. The van der Waals surface area contributed by atoms with Gasteiger partial charge in [-0.1, -0.05) is 66.2 Å². The zero-order chi connectivity index (χ0) is 24.2. The highest BCUT2D eigenvalue weighted by Crippen LogP contribution is 2.14. The van der Waals surface area contributed by atoms with E-state index in [0.717, 1.165) is 20.9 Å². The van der Waals surface area contributed by atoms with Crippen LogP contribution in [0.3, 0.4) is 0 Å². The average Bonchev–Trinajstić information content (AvgIpc) is 2.83. The molecular formula is C25H20ClFN4O3. The minimum atomic E-state index is -0.893. The minimum Gasteiger partial charge on any atom is -0.344 e. The highest BCUT2D eigenvalue weighted by molar-refractivity contribution is 6.30. The van der Waals surface area contributed by atoms with E-state index in [1.807, 2.05) is 30.3 Å². The van der Waals surface area contributed by atoms with Gasteiger partial charge in [-0.05, 0) is 42.3 Å². The van der Waals surface area contributed by atoms with Crippen LogP contribution in [-0.4, -0.2) is 20.3 Å². The maximum Gasteiger partial charge on any atom is 0.352 e. The first kappa shape index (κ1) is 23.1. The number of benzene rings is 3. The highest BCUT2D eigenvalue weighted by Gasteiger charge is 2.23. The van der Waals surface area contributed by atoms with Crippen molar-refractivity contribution in [3.8, 4) is 5.69 Å². The summed E-state index contributed by atoms with van der Waals surface area (Å²) >= 11 is 6.04. The Hall–Kier alpha value is -4.04. The lowest BCUT2D eigenvalue weighted by Gasteiger charge is -2.16. The number of nitrogens with one attached hydrogen (secondary N) is 1. The van der Waals surface area contributed by atoms with E-state index >= 15 is 0 Å². The van der Waals surface area contributed by atoms with Crippen LogP contribution >= 0.6 is 11.6 Å². The van der Waals surface area contributed by atoms with Crippen LogP contribution in [0.25, 0.3) is 5.69 Å². The zero-order valence-corrected chi connectivity index (χ0v) is 18.9. The number of carbonyl (C=O) groups is 1. The Balaban J connectivity index is 1.83. The van der Waals surface area contributed by atoms with Crippen LogP contribution in [0.4, 0.5) is 4.39 Å². The SMILES string of the molecule is CC(NC(=O)c1nn(-c2ccccc2F)c(=O)n(Cc2cccc(Cl)c2)c1=O)c1ccccc1. The molecule has 3 aromatic carbocycles. The summed E-state index contributed by atoms with van der Waals surface area (Å²) in [5.74, 6) is -1.51. The molecule has 0 bridgehead atoms. The van der Waals surface area contributed by atoms with Crippen molar-refractivity contribution >= 4 is 17.5 Å². The average molecular weight is 479 g/mol. The Morgan fingerprint density at radius 1 is 1.03 bits per heavy atom. The molecule has 0 fully saturated rings. The monoisotopic (exact) mass is 478 g/mol. The van der Waals surface area contributed by atoms with E-state index in [4.69, 9.17) is 11.6 Å². The lowest BCUT2D eigenvalue weighted by Crippen LogP contribution is -2.46. The Morgan fingerprint density at radius 3 is 2.44 bits per heavy atom. The van der Waals surface area contributed by atoms with Crippen molar-refractivity contribution in [3.63, 3.8) is 0 Å². The number of halogens is 2. The molecule has 1 N–H and O–H groups in total. The van der Waals surface area contributed by atoms with Gasteiger partial charge >= 0.3 is 5.69 Å². The van der Waals surface area contributed by atoms with Crippen LogP contribution in [0.2, 0.25) is 5.02 Å². The molecule has 34 heavy (non-hydrogen) atoms. The van der Waals surface area contributed by atoms with Gasteiger partial charge in [0.05, 0.1) is 12.6 Å². The van der Waals surface area contributed by atoms with Gasteiger partial charge in [-0.3, -0.25) is 14.2 Å². The number of nitrogens with zero attached hydrogens (tertiary/aromatic N) is 3. The van der Waals surface area contributed by atoms with Gasteiger partial charge in [0.15, 0.2) is 0 Å². The Labute approximate surface area is 199 Å². The van der Waals surface area contributed by atoms with Gasteiger partial charge in [0.25, 0.3) is 11.5 Å². The molecule has 0 aliphatic carbocycles. The van der Waals surface area contributed by atoms with Crippen LogP contribution < -0.4 is 16.6 Å². The van der Waals surface area contributed by atoms with E-state index in [-0.39, 0.29) is 12.2 Å². The molecule has 1 heterocycles. The third-order valence-corrected chi connectivity index (χ3v) is 5.47. The lowest BCUT2D eigenvalue weighted by atomic mass is 10.1. The summed E-state index contributed by atoms with van der Waals surface area (Å²) in [5, 5.41) is 7.10. The van der Waals surface area contributed by atoms with Gasteiger partial charge < -0.3 is 5.32 Å². The molecule has 1 amide bonds. The van der Waals surface area contributed by atoms with E-state index in [2.05, 4.69) is 10.4 Å². The summed E-state index contributed by atoms with van der Waals surface area (Å²) in [6.07, 6.45) is 0. The quantitative estimate of drug-likeness (QED) is 0.457. The van der Waals surface area contributed by atoms with Crippen molar-refractivity contribution in [2.24, 2.45) is 0 Å². The topological polar surface area (TPSA) is 86.0 Å². The first-order valence-corrected chi connectivity index (χ1v) is 10.8. The second kappa shape index (κ2) is 9.84. The molecule has 0 aliphatic rings. The van der Waals surface area contributed by atoms with Gasteiger partial charge in [-0.15, -0.1) is 0 Å². The molecule has 7 nitrogen and oxygen atoms in total. The molecule has 9 heteroatoms. The van der Waals surface area contributed by atoms with Crippen molar-refractivity contribution in [3.05, 3.63) is 127 Å². The van der Waals surface area contributed by atoms with Crippen molar-refractivity contribution in [2.45, 2.75) is 19.5 Å².